The number of carbonyl (C=O) groups is 1. The predicted molar refractivity (Wildman–Crippen MR) is 103 cm³/mol. The number of thiazole rings is 1. The van der Waals surface area contributed by atoms with Crippen LogP contribution in [0, 0.1) is 0 Å². The molecule has 1 N–H and O–H groups in total. The number of benzene rings is 2. The van der Waals surface area contributed by atoms with E-state index in [1.54, 1.807) is 29.8 Å². The first-order valence-corrected chi connectivity index (χ1v) is 9.52. The zero-order valence-corrected chi connectivity index (χ0v) is 16.0. The second kappa shape index (κ2) is 8.27. The van der Waals surface area contributed by atoms with Crippen molar-refractivity contribution < 1.29 is 9.53 Å². The van der Waals surface area contributed by atoms with Gasteiger partial charge >= 0.3 is 0 Å². The molecule has 6 heteroatoms. The average molecular weight is 417 g/mol. The molecule has 0 aliphatic carbocycles. The van der Waals surface area contributed by atoms with E-state index >= 15 is 0 Å². The fourth-order valence-corrected chi connectivity index (χ4v) is 3.52. The van der Waals surface area contributed by atoms with Gasteiger partial charge in [-0.25, -0.2) is 4.98 Å². The lowest BCUT2D eigenvalue weighted by Crippen LogP contribution is -2.26. The number of amides is 1. The normalized spacial score (nSPS) is 11.8. The third kappa shape index (κ3) is 4.67. The first-order valence-electron chi connectivity index (χ1n) is 7.78. The molecule has 0 saturated heterocycles. The smallest absolute Gasteiger partial charge is 0.251 e. The second-order valence-corrected chi connectivity index (χ2v) is 7.08. The zero-order chi connectivity index (χ0) is 17.6. The summed E-state index contributed by atoms with van der Waals surface area (Å²) < 4.78 is 6.64. The number of hydrogen-bond donors (Lipinski definition) is 1. The number of nitrogens with zero attached hydrogens (tertiary/aromatic N) is 1. The van der Waals surface area contributed by atoms with E-state index in [-0.39, 0.29) is 11.9 Å². The average Bonchev–Trinajstić information content (AvgIpc) is 3.14. The molecule has 0 radical (unpaired) electrons. The summed E-state index contributed by atoms with van der Waals surface area (Å²) in [6, 6.07) is 14.9. The summed E-state index contributed by atoms with van der Waals surface area (Å²) in [6.45, 7) is 2.39. The van der Waals surface area contributed by atoms with Gasteiger partial charge in [0.2, 0.25) is 0 Å². The molecule has 0 saturated carbocycles. The minimum Gasteiger partial charge on any atom is -0.487 e. The highest BCUT2D eigenvalue weighted by Gasteiger charge is 2.13. The number of nitrogens with one attached hydrogen (secondary N) is 1. The lowest BCUT2D eigenvalue weighted by molar-refractivity contribution is 0.0939. The van der Waals surface area contributed by atoms with Crippen molar-refractivity contribution in [2.75, 3.05) is 0 Å². The maximum Gasteiger partial charge on any atom is 0.251 e. The highest BCUT2D eigenvalue weighted by molar-refractivity contribution is 9.10. The van der Waals surface area contributed by atoms with Crippen LogP contribution in [0.1, 0.15) is 34.6 Å². The van der Waals surface area contributed by atoms with Gasteiger partial charge in [0.05, 0.1) is 17.2 Å². The van der Waals surface area contributed by atoms with Crippen molar-refractivity contribution in [2.45, 2.75) is 19.6 Å². The molecule has 3 aromatic rings. The Morgan fingerprint density at radius 1 is 1.24 bits per heavy atom. The molecule has 0 aliphatic rings. The van der Waals surface area contributed by atoms with Crippen LogP contribution in [-0.2, 0) is 6.61 Å². The van der Waals surface area contributed by atoms with E-state index in [0.29, 0.717) is 17.9 Å². The molecule has 2 aromatic carbocycles. The lowest BCUT2D eigenvalue weighted by atomic mass is 10.1. The van der Waals surface area contributed by atoms with E-state index in [0.717, 1.165) is 15.7 Å². The zero-order valence-electron chi connectivity index (χ0n) is 13.6. The van der Waals surface area contributed by atoms with Crippen LogP contribution in [0.2, 0.25) is 0 Å². The number of rotatable bonds is 6. The fourth-order valence-electron chi connectivity index (χ4n) is 2.35. The summed E-state index contributed by atoms with van der Waals surface area (Å²) in [5.41, 5.74) is 4.31. The van der Waals surface area contributed by atoms with Gasteiger partial charge in [-0.1, -0.05) is 34.1 Å². The summed E-state index contributed by atoms with van der Waals surface area (Å²) >= 11 is 5.05. The van der Waals surface area contributed by atoms with Crippen LogP contribution in [0.25, 0.3) is 0 Å². The molecular weight excluding hydrogens is 400 g/mol. The Hall–Kier alpha value is -2.18. The summed E-state index contributed by atoms with van der Waals surface area (Å²) in [5, 5.41) is 4.96. The standard InChI is InChI=1S/C19H17BrN2O2S/c1-13(17-4-2-3-5-18(17)20)22-19(23)14-6-8-16(9-7-14)24-10-15-11-25-12-21-15/h2-9,11-13H,10H2,1H3,(H,22,23)/t13-/m1/s1. The van der Waals surface area contributed by atoms with Crippen LogP contribution in [0.15, 0.2) is 63.9 Å². The second-order valence-electron chi connectivity index (χ2n) is 5.51. The molecule has 4 nitrogen and oxygen atoms in total. The van der Waals surface area contributed by atoms with Crippen molar-refractivity contribution in [3.63, 3.8) is 0 Å². The van der Waals surface area contributed by atoms with Crippen LogP contribution in [0.5, 0.6) is 5.75 Å². The third-order valence-electron chi connectivity index (χ3n) is 3.71. The molecule has 1 heterocycles. The minimum absolute atomic E-state index is 0.0938. The van der Waals surface area contributed by atoms with E-state index < -0.39 is 0 Å². The molecule has 1 amide bonds. The van der Waals surface area contributed by atoms with Crippen molar-refractivity contribution >= 4 is 33.2 Å². The molecule has 0 fully saturated rings. The summed E-state index contributed by atoms with van der Waals surface area (Å²) in [4.78, 5) is 16.6. The van der Waals surface area contributed by atoms with Crippen LogP contribution >= 0.6 is 27.3 Å². The number of aromatic nitrogens is 1. The molecule has 0 aliphatic heterocycles. The Morgan fingerprint density at radius 3 is 2.68 bits per heavy atom. The highest BCUT2D eigenvalue weighted by Crippen LogP contribution is 2.23. The molecule has 128 valence electrons. The van der Waals surface area contributed by atoms with Gasteiger partial charge in [0, 0.05) is 15.4 Å². The van der Waals surface area contributed by atoms with Gasteiger partial charge in [-0.15, -0.1) is 11.3 Å². The van der Waals surface area contributed by atoms with Gasteiger partial charge in [-0.3, -0.25) is 4.79 Å². The Kier molecular flexibility index (Phi) is 5.83. The molecule has 0 bridgehead atoms. The molecule has 0 spiro atoms. The first kappa shape index (κ1) is 17.6. The molecule has 3 rings (SSSR count). The topological polar surface area (TPSA) is 51.2 Å². The Morgan fingerprint density at radius 2 is 2.00 bits per heavy atom. The van der Waals surface area contributed by atoms with Gasteiger partial charge in [0.15, 0.2) is 0 Å². The highest BCUT2D eigenvalue weighted by atomic mass is 79.9. The SMILES string of the molecule is C[C@@H](NC(=O)c1ccc(OCc2cscn2)cc1)c1ccccc1Br. The van der Waals surface area contributed by atoms with Gasteiger partial charge < -0.3 is 10.1 Å². The fraction of sp³-hybridized carbons (Fsp3) is 0.158. The third-order valence-corrected chi connectivity index (χ3v) is 5.06. The van der Waals surface area contributed by atoms with Crippen LogP contribution in [-0.4, -0.2) is 10.9 Å². The van der Waals surface area contributed by atoms with Crippen molar-refractivity contribution in [3.8, 4) is 5.75 Å². The summed E-state index contributed by atoms with van der Waals surface area (Å²) in [6.07, 6.45) is 0. The minimum atomic E-state index is -0.116. The molecular formula is C19H17BrN2O2S. The van der Waals surface area contributed by atoms with Crippen molar-refractivity contribution in [1.29, 1.82) is 0 Å². The van der Waals surface area contributed by atoms with E-state index in [9.17, 15) is 4.79 Å². The molecule has 25 heavy (non-hydrogen) atoms. The van der Waals surface area contributed by atoms with Crippen LogP contribution < -0.4 is 10.1 Å². The van der Waals surface area contributed by atoms with Crippen LogP contribution in [0.3, 0.4) is 0 Å². The van der Waals surface area contributed by atoms with Crippen molar-refractivity contribution in [2.24, 2.45) is 0 Å². The quantitative estimate of drug-likeness (QED) is 0.616. The van der Waals surface area contributed by atoms with Crippen molar-refractivity contribution in [3.05, 3.63) is 80.7 Å². The number of halogens is 1. The van der Waals surface area contributed by atoms with E-state index in [1.807, 2.05) is 36.6 Å². The first-order chi connectivity index (χ1) is 12.1. The number of carbonyl (C=O) groups excluding carboxylic acids is 1. The maximum atomic E-state index is 12.4. The van der Waals surface area contributed by atoms with E-state index in [1.165, 1.54) is 11.3 Å². The maximum absolute atomic E-state index is 12.4. The number of ether oxygens (including phenoxy) is 1. The Labute approximate surface area is 159 Å². The van der Waals surface area contributed by atoms with Gasteiger partial charge in [0.1, 0.15) is 12.4 Å². The van der Waals surface area contributed by atoms with E-state index in [4.69, 9.17) is 4.74 Å². The van der Waals surface area contributed by atoms with Gasteiger partial charge in [-0.2, -0.15) is 0 Å². The van der Waals surface area contributed by atoms with Crippen LogP contribution in [0.4, 0.5) is 0 Å². The van der Waals surface area contributed by atoms with E-state index in [2.05, 4.69) is 26.2 Å². The molecule has 1 atom stereocenters. The van der Waals surface area contributed by atoms with Gasteiger partial charge in [-0.05, 0) is 42.8 Å². The predicted octanol–water partition coefficient (Wildman–Crippen LogP) is 4.98. The lowest BCUT2D eigenvalue weighted by Gasteiger charge is -2.16. The largest absolute Gasteiger partial charge is 0.487 e. The Balaban J connectivity index is 1.59. The van der Waals surface area contributed by atoms with Crippen molar-refractivity contribution in [1.82, 2.24) is 10.3 Å². The molecule has 0 unspecified atom stereocenters. The molecule has 1 aromatic heterocycles. The Bertz CT molecular complexity index is 835. The number of hydrogen-bond acceptors (Lipinski definition) is 4. The summed E-state index contributed by atoms with van der Waals surface area (Å²) in [7, 11) is 0. The monoisotopic (exact) mass is 416 g/mol. The summed E-state index contributed by atoms with van der Waals surface area (Å²) in [5.74, 6) is 0.595. The van der Waals surface area contributed by atoms with Gasteiger partial charge in [0.25, 0.3) is 5.91 Å².